The molecule has 2 unspecified atom stereocenters. The summed E-state index contributed by atoms with van der Waals surface area (Å²) >= 11 is 12.2. The number of aromatic carboxylic acids is 1. The number of rotatable bonds is 21. The Morgan fingerprint density at radius 3 is 1.78 bits per heavy atom. The molecule has 9 N–H and O–H groups in total. The summed E-state index contributed by atoms with van der Waals surface area (Å²) in [5.74, 6) is -3.95. The quantitative estimate of drug-likeness (QED) is 0.0263. The van der Waals surface area contributed by atoms with Crippen LogP contribution in [0.1, 0.15) is 53.8 Å². The number of sulfonamides is 2. The highest BCUT2D eigenvalue weighted by molar-refractivity contribution is 7.90. The van der Waals surface area contributed by atoms with Crippen molar-refractivity contribution in [1.29, 1.82) is 0 Å². The molecule has 4 heterocycles. The van der Waals surface area contributed by atoms with Gasteiger partial charge in [0.2, 0.25) is 41.3 Å². The Morgan fingerprint density at radius 2 is 1.32 bits per heavy atom. The highest BCUT2D eigenvalue weighted by Gasteiger charge is 2.29. The highest BCUT2D eigenvalue weighted by Crippen LogP contribution is 2.36. The number of amides is 5. The van der Waals surface area contributed by atoms with Crippen molar-refractivity contribution in [2.75, 3.05) is 58.4 Å². The van der Waals surface area contributed by atoms with Gasteiger partial charge < -0.3 is 53.8 Å². The first kappa shape index (κ1) is 75.8. The van der Waals surface area contributed by atoms with E-state index >= 15 is 0 Å². The summed E-state index contributed by atoms with van der Waals surface area (Å²) in [7, 11) is -6.67. The van der Waals surface area contributed by atoms with Crippen LogP contribution in [0.2, 0.25) is 10.0 Å². The van der Waals surface area contributed by atoms with Crippen LogP contribution >= 0.6 is 30.6 Å². The number of carboxylic acid groups (broad SMARTS) is 2. The summed E-state index contributed by atoms with van der Waals surface area (Å²) in [5, 5.41) is 25.3. The highest BCUT2D eigenvalue weighted by atomic mass is 35.5. The Kier molecular flexibility index (Phi) is 27.8. The van der Waals surface area contributed by atoms with Crippen LogP contribution in [0.15, 0.2) is 86.0 Å². The molecule has 0 saturated carbocycles. The Hall–Kier alpha value is -9.45. The molecule has 6 aromatic rings. The number of benzene rings is 2. The molecular weight excluding hydrogens is 1330 g/mol. The molecule has 4 aromatic heterocycles. The van der Waals surface area contributed by atoms with Gasteiger partial charge >= 0.3 is 43.0 Å². The van der Waals surface area contributed by atoms with Crippen molar-refractivity contribution in [3.63, 3.8) is 0 Å². The summed E-state index contributed by atoms with van der Waals surface area (Å²) in [5.41, 5.74) is 4.16. The first-order valence-electron chi connectivity index (χ1n) is 24.6. The van der Waals surface area contributed by atoms with Gasteiger partial charge in [0.15, 0.2) is 12.4 Å². The fourth-order valence-corrected chi connectivity index (χ4v) is 9.48. The van der Waals surface area contributed by atoms with E-state index in [9.17, 15) is 67.7 Å². The zero-order valence-electron chi connectivity index (χ0n) is 48.2. The lowest BCUT2D eigenvalue weighted by atomic mass is 9.97. The lowest BCUT2D eigenvalue weighted by Gasteiger charge is -2.14. The molecule has 494 valence electrons. The van der Waals surface area contributed by atoms with Crippen LogP contribution in [-0.4, -0.2) is 168 Å². The molecule has 0 aliphatic carbocycles. The average molecular weight is 1390 g/mol. The first-order valence-corrected chi connectivity index (χ1v) is 30.6. The average Bonchev–Trinajstić information content (AvgIpc) is 1.81. The van der Waals surface area contributed by atoms with Crippen LogP contribution in [0, 0.1) is 12.3 Å². The van der Waals surface area contributed by atoms with Crippen molar-refractivity contribution >= 4 is 92.4 Å². The minimum absolute atomic E-state index is 0.0412. The number of hydrogen-bond acceptors (Lipinski definition) is 24. The second kappa shape index (κ2) is 33.4. The van der Waals surface area contributed by atoms with Gasteiger partial charge in [-0.05, 0) is 36.8 Å². The fourth-order valence-electron chi connectivity index (χ4n) is 6.07. The molecular formula is C49H54Cl2F4N13O20PS2. The molecule has 6 rings (SSSR count). The lowest BCUT2D eigenvalue weighted by Crippen LogP contribution is -2.36. The maximum absolute atomic E-state index is 12.5. The molecule has 0 aliphatic heterocycles. The van der Waals surface area contributed by atoms with Gasteiger partial charge in [0, 0.05) is 44.6 Å². The lowest BCUT2D eigenvalue weighted by molar-refractivity contribution is -0.138. The van der Waals surface area contributed by atoms with Crippen molar-refractivity contribution < 1.29 is 106 Å². The third-order valence-electron chi connectivity index (χ3n) is 10.1. The summed E-state index contributed by atoms with van der Waals surface area (Å²) < 4.78 is 142. The van der Waals surface area contributed by atoms with Crippen molar-refractivity contribution in [1.82, 2.24) is 49.0 Å². The summed E-state index contributed by atoms with van der Waals surface area (Å²) in [4.78, 5) is 96.7. The molecule has 0 fully saturated rings. The van der Waals surface area contributed by atoms with E-state index in [4.69, 9.17) is 69.1 Å². The summed E-state index contributed by atoms with van der Waals surface area (Å²) in [6.45, 7) is 0.0561. The Balaban J connectivity index is 0.000000332. The number of nitrogens with zero attached hydrogens (tertiary/aromatic N) is 8. The van der Waals surface area contributed by atoms with E-state index < -0.39 is 121 Å². The Bertz CT molecular complexity index is 3940. The van der Waals surface area contributed by atoms with Gasteiger partial charge in [-0.25, -0.2) is 42.0 Å². The predicted octanol–water partition coefficient (Wildman–Crippen LogP) is 5.12. The number of carbonyl (C=O) groups is 5. The van der Waals surface area contributed by atoms with Crippen molar-refractivity contribution in [3.8, 4) is 47.3 Å². The zero-order valence-corrected chi connectivity index (χ0v) is 52.3. The molecule has 0 spiro atoms. The number of carbonyl (C=O) groups excluding carboxylic acids is 3. The monoisotopic (exact) mass is 1390 g/mol. The number of hydrogen-bond donors (Lipinski definition) is 8. The zero-order chi connectivity index (χ0) is 68.9. The topological polar surface area (TPSA) is 467 Å². The van der Waals surface area contributed by atoms with Crippen LogP contribution < -0.4 is 55.3 Å². The first-order chi connectivity index (χ1) is 42.2. The molecule has 91 heavy (non-hydrogen) atoms. The Labute approximate surface area is 523 Å². The molecule has 33 nitrogen and oxygen atoms in total. The van der Waals surface area contributed by atoms with E-state index in [1.54, 1.807) is 10.0 Å². The largest absolute Gasteiger partial charge is 0.481 e. The minimum Gasteiger partial charge on any atom is -0.481 e. The molecule has 0 bridgehead atoms. The second-order valence-corrected chi connectivity index (χ2v) is 25.1. The van der Waals surface area contributed by atoms with Crippen LogP contribution in [-0.2, 0) is 34.8 Å². The molecule has 2 atom stereocenters. The van der Waals surface area contributed by atoms with Gasteiger partial charge in [-0.15, -0.1) is 11.5 Å². The maximum Gasteiger partial charge on any atom is 0.442 e. The van der Waals surface area contributed by atoms with E-state index in [1.807, 2.05) is 20.8 Å². The van der Waals surface area contributed by atoms with Crippen LogP contribution in [0.4, 0.5) is 39.0 Å². The van der Waals surface area contributed by atoms with Crippen LogP contribution in [0.5, 0.6) is 29.3 Å². The number of alkyl halides is 4. The van der Waals surface area contributed by atoms with Crippen LogP contribution in [0.3, 0.4) is 0 Å². The number of nitrogens with two attached hydrogens (primary N) is 1. The van der Waals surface area contributed by atoms with Gasteiger partial charge in [0.25, 0.3) is 26.0 Å². The molecule has 42 heteroatoms. The summed E-state index contributed by atoms with van der Waals surface area (Å²) in [6.07, 6.45) is 6.34. The number of aromatic nitrogens is 7. The number of ether oxygens (including phenoxy) is 5. The number of methoxy groups -OCH3 is 2. The number of carboxylic acids is 2. The van der Waals surface area contributed by atoms with Crippen molar-refractivity contribution in [3.05, 3.63) is 104 Å². The number of aliphatic carboxylic acids is 1. The third kappa shape index (κ3) is 24.5. The predicted molar refractivity (Wildman–Crippen MR) is 311 cm³/mol. The number of halogens is 6. The van der Waals surface area contributed by atoms with Crippen molar-refractivity contribution in [2.24, 2.45) is 5.73 Å². The normalized spacial score (nSPS) is 12.0. The van der Waals surface area contributed by atoms with E-state index in [2.05, 4.69) is 50.7 Å². The van der Waals surface area contributed by atoms with Gasteiger partial charge in [-0.1, -0.05) is 62.0 Å². The number of pyridine rings is 1. The van der Waals surface area contributed by atoms with E-state index in [1.165, 1.54) is 93.3 Å². The Morgan fingerprint density at radius 1 is 0.813 bits per heavy atom. The standard InChI is InChI=1S/C15H14Cl2N2O3.C15H18N6O6S.C14H10F4N4O7S.C5H12NO4P/c1-5-6-21-12-8-11(9(16)7-10(12)17)19-14(20)22-13(18-19)15(2,3)4;1-21(2)13(22)9-6-5-7-16-12(9)28(24,25)20-15(23)19-14-17-10(26-3)8-11(18-14)27-4;15-11(16)28-8-5-9(29-12(17)18)20-13(19-8)21-14(25)22-30(26,27)7-4-2-1-3-6(7)10(23)24;1-11(9,10)3-2-4(6)5(7)8/h1,7-8H,6H2,2-4H3;5-8H,1-4H3,(H2,17,18,19,20,23);1-5,11-12H,(H,23,24)(H2,19,20,21,22,25);4H,2-3,6H2,1H3,(H,7,8)(H,9,10). The molecule has 0 saturated heterocycles. The van der Waals surface area contributed by atoms with E-state index in [0.29, 0.717) is 23.4 Å². The third-order valence-corrected chi connectivity index (χ3v) is 14.4. The van der Waals surface area contributed by atoms with E-state index in [0.717, 1.165) is 16.8 Å². The van der Waals surface area contributed by atoms with E-state index in [-0.39, 0.29) is 52.5 Å². The number of urea groups is 2. The SMILES string of the molecule is C#CCOc1cc(-n2nc(C(C)(C)C)oc2=O)c(Cl)cc1Cl.COc1cc(OC)nc(NC(=O)NS(=O)(=O)c2ncccc2C(=O)N(C)C)n1.CP(=O)(O)CCC(N)C(=O)O.O=C(Nc1nc(OC(F)F)cc(OC(F)F)n1)NS(=O)(=O)c1ccccc1C(=O)O. The van der Waals surface area contributed by atoms with Gasteiger partial charge in [0.1, 0.15) is 23.3 Å². The maximum atomic E-state index is 12.5. The summed E-state index contributed by atoms with van der Waals surface area (Å²) in [6, 6.07) is 8.06. The fraction of sp³-hybridized carbons (Fsp3) is 0.306. The van der Waals surface area contributed by atoms with Gasteiger partial charge in [-0.2, -0.15) is 50.6 Å². The number of anilines is 2. The molecule has 0 aliphatic rings. The molecule has 2 aromatic carbocycles. The van der Waals surface area contributed by atoms with Gasteiger partial charge in [-0.3, -0.25) is 24.8 Å². The number of terminal acetylenes is 1. The number of nitrogens with one attached hydrogen (secondary N) is 4. The van der Waals surface area contributed by atoms with Gasteiger partial charge in [0.05, 0.1) is 53.2 Å². The molecule has 5 amide bonds. The van der Waals surface area contributed by atoms with Crippen molar-refractivity contribution in [2.45, 2.75) is 61.8 Å². The second-order valence-electron chi connectivity index (χ2n) is 18.4. The molecule has 0 radical (unpaired) electrons. The minimum atomic E-state index is -4.71. The smallest absolute Gasteiger partial charge is 0.442 e. The van der Waals surface area contributed by atoms with Crippen LogP contribution in [0.25, 0.3) is 5.69 Å².